The lowest BCUT2D eigenvalue weighted by atomic mass is 10.4. The molecule has 0 spiro atoms. The van der Waals surface area contributed by atoms with E-state index >= 15 is 0 Å². The maximum atomic E-state index is 4.31. The van der Waals surface area contributed by atoms with Gasteiger partial charge in [0, 0.05) is 15.0 Å². The van der Waals surface area contributed by atoms with Gasteiger partial charge in [-0.3, -0.25) is 0 Å². The molecule has 0 nitrogen and oxygen atoms in total. The predicted molar refractivity (Wildman–Crippen MR) is 46.5 cm³/mol. The second-order valence-electron chi connectivity index (χ2n) is 2.12. The fourth-order valence-corrected chi connectivity index (χ4v) is 1.74. The molecule has 0 radical (unpaired) electrons. The zero-order chi connectivity index (χ0) is 6.85. The van der Waals surface area contributed by atoms with E-state index in [-0.39, 0.29) is 0 Å². The average molecular weight is 158 g/mol. The molecule has 1 atom stereocenters. The summed E-state index contributed by atoms with van der Waals surface area (Å²) >= 11 is 6.13. The van der Waals surface area contributed by atoms with E-state index in [1.54, 1.807) is 0 Å². The summed E-state index contributed by atoms with van der Waals surface area (Å²) in [6.07, 6.45) is 0. The zero-order valence-electron chi connectivity index (χ0n) is 5.59. The maximum Gasteiger partial charge on any atom is 0.0332 e. The molecule has 0 amide bonds. The predicted octanol–water partition coefficient (Wildman–Crippen LogP) is 3.05. The van der Waals surface area contributed by atoms with E-state index in [4.69, 9.17) is 0 Å². The lowest BCUT2D eigenvalue weighted by Crippen LogP contribution is -1.72. The summed E-state index contributed by atoms with van der Waals surface area (Å²) in [5.41, 5.74) is 0. The lowest BCUT2D eigenvalue weighted by molar-refractivity contribution is 1.15. The van der Waals surface area contributed by atoms with Crippen LogP contribution >= 0.6 is 24.0 Å². The van der Waals surface area contributed by atoms with Crippen LogP contribution < -0.4 is 0 Å². The molecule has 0 saturated heterocycles. The van der Waals surface area contributed by atoms with Gasteiger partial charge in [0.05, 0.1) is 0 Å². The summed E-state index contributed by atoms with van der Waals surface area (Å²) < 4.78 is 0. The highest BCUT2D eigenvalue weighted by molar-refractivity contribution is 7.80. The molecule has 2 heteroatoms. The van der Waals surface area contributed by atoms with Crippen molar-refractivity contribution in [3.8, 4) is 0 Å². The van der Waals surface area contributed by atoms with Crippen LogP contribution in [0.3, 0.4) is 0 Å². The first-order valence-electron chi connectivity index (χ1n) is 2.94. The van der Waals surface area contributed by atoms with E-state index in [9.17, 15) is 0 Å². The average Bonchev–Trinajstić information content (AvgIpc) is 2.14. The largest absolute Gasteiger partial charge is 0.171 e. The maximum absolute atomic E-state index is 4.31. The van der Waals surface area contributed by atoms with Gasteiger partial charge in [-0.2, -0.15) is 12.6 Å². The van der Waals surface area contributed by atoms with Crippen LogP contribution in [0.4, 0.5) is 0 Å². The molecular formula is C7H10S2. The Morgan fingerprint density at radius 3 is 2.44 bits per heavy atom. The van der Waals surface area contributed by atoms with Crippen LogP contribution in [0.1, 0.15) is 21.9 Å². The van der Waals surface area contributed by atoms with Crippen molar-refractivity contribution in [1.29, 1.82) is 0 Å². The van der Waals surface area contributed by atoms with E-state index in [0.29, 0.717) is 5.25 Å². The Labute approximate surface area is 65.3 Å². The van der Waals surface area contributed by atoms with Crippen molar-refractivity contribution in [3.63, 3.8) is 0 Å². The molecule has 1 rings (SSSR count). The van der Waals surface area contributed by atoms with Gasteiger partial charge in [0.2, 0.25) is 0 Å². The monoisotopic (exact) mass is 158 g/mol. The first kappa shape index (κ1) is 7.16. The summed E-state index contributed by atoms with van der Waals surface area (Å²) in [6, 6.07) is 4.27. The number of hydrogen-bond donors (Lipinski definition) is 1. The van der Waals surface area contributed by atoms with Crippen molar-refractivity contribution in [2.75, 3.05) is 0 Å². The molecule has 0 aliphatic rings. The number of aryl methyl sites for hydroxylation is 1. The summed E-state index contributed by atoms with van der Waals surface area (Å²) in [4.78, 5) is 2.72. The zero-order valence-corrected chi connectivity index (χ0v) is 7.30. The molecule has 0 aromatic carbocycles. The van der Waals surface area contributed by atoms with Gasteiger partial charge < -0.3 is 0 Å². The molecule has 0 N–H and O–H groups in total. The standard InChI is InChI=1S/C7H10S2/c1-5-3-4-7(9-5)6(2)8/h3-4,6,8H,1-2H3/t6-/m0/s1. The van der Waals surface area contributed by atoms with Crippen molar-refractivity contribution in [1.82, 2.24) is 0 Å². The Kier molecular flexibility index (Phi) is 2.19. The SMILES string of the molecule is Cc1ccc([C@H](C)S)s1. The smallest absolute Gasteiger partial charge is 0.0332 e. The Balaban J connectivity index is 2.85. The van der Waals surface area contributed by atoms with Crippen molar-refractivity contribution in [2.45, 2.75) is 19.1 Å². The van der Waals surface area contributed by atoms with Crippen molar-refractivity contribution < 1.29 is 0 Å². The molecule has 1 aromatic heterocycles. The Bertz CT molecular complexity index is 189. The highest BCUT2D eigenvalue weighted by atomic mass is 32.1. The van der Waals surface area contributed by atoms with E-state index in [1.165, 1.54) is 9.75 Å². The summed E-state index contributed by atoms with van der Waals surface area (Å²) in [5, 5.41) is 0.392. The minimum atomic E-state index is 0.392. The first-order valence-corrected chi connectivity index (χ1v) is 4.28. The van der Waals surface area contributed by atoms with Crippen molar-refractivity contribution in [3.05, 3.63) is 21.9 Å². The van der Waals surface area contributed by atoms with E-state index < -0.39 is 0 Å². The third-order valence-electron chi connectivity index (χ3n) is 1.17. The normalized spacial score (nSPS) is 13.7. The quantitative estimate of drug-likeness (QED) is 0.597. The minimum Gasteiger partial charge on any atom is -0.171 e. The van der Waals surface area contributed by atoms with E-state index in [0.717, 1.165) is 0 Å². The van der Waals surface area contributed by atoms with Crippen LogP contribution in [-0.2, 0) is 0 Å². The van der Waals surface area contributed by atoms with Gasteiger partial charge in [0.15, 0.2) is 0 Å². The number of thiophene rings is 1. The molecule has 0 unspecified atom stereocenters. The number of thiol groups is 1. The fourth-order valence-electron chi connectivity index (χ4n) is 0.678. The Morgan fingerprint density at radius 2 is 2.22 bits per heavy atom. The van der Waals surface area contributed by atoms with Gasteiger partial charge in [-0.05, 0) is 26.0 Å². The molecule has 1 heterocycles. The summed E-state index contributed by atoms with van der Waals surface area (Å²) in [5.74, 6) is 0. The third kappa shape index (κ3) is 1.73. The second kappa shape index (κ2) is 2.76. The summed E-state index contributed by atoms with van der Waals surface area (Å²) in [7, 11) is 0. The molecule has 50 valence electrons. The van der Waals surface area contributed by atoms with Gasteiger partial charge >= 0.3 is 0 Å². The molecule has 1 aromatic rings. The van der Waals surface area contributed by atoms with Crippen LogP contribution in [0.15, 0.2) is 12.1 Å². The van der Waals surface area contributed by atoms with E-state index in [1.807, 2.05) is 11.3 Å². The third-order valence-corrected chi connectivity index (χ3v) is 2.81. The van der Waals surface area contributed by atoms with Gasteiger partial charge in [0.1, 0.15) is 0 Å². The highest BCUT2D eigenvalue weighted by Crippen LogP contribution is 2.25. The van der Waals surface area contributed by atoms with Gasteiger partial charge in [0.25, 0.3) is 0 Å². The molecule has 0 saturated carbocycles. The van der Waals surface area contributed by atoms with Crippen LogP contribution in [0, 0.1) is 6.92 Å². The molecule has 0 fully saturated rings. The van der Waals surface area contributed by atoms with Gasteiger partial charge in [-0.25, -0.2) is 0 Å². The molecular weight excluding hydrogens is 148 g/mol. The van der Waals surface area contributed by atoms with Crippen LogP contribution in [0.25, 0.3) is 0 Å². The number of hydrogen-bond acceptors (Lipinski definition) is 2. The van der Waals surface area contributed by atoms with Crippen LogP contribution in [-0.4, -0.2) is 0 Å². The van der Waals surface area contributed by atoms with Crippen molar-refractivity contribution >= 4 is 24.0 Å². The first-order chi connectivity index (χ1) is 4.20. The van der Waals surface area contributed by atoms with Crippen molar-refractivity contribution in [2.24, 2.45) is 0 Å². The number of rotatable bonds is 1. The fraction of sp³-hybridized carbons (Fsp3) is 0.429. The topological polar surface area (TPSA) is 0 Å². The highest BCUT2D eigenvalue weighted by Gasteiger charge is 2.00. The lowest BCUT2D eigenvalue weighted by Gasteiger charge is -1.95. The molecule has 0 aliphatic heterocycles. The second-order valence-corrected chi connectivity index (χ2v) is 4.22. The Morgan fingerprint density at radius 1 is 1.56 bits per heavy atom. The molecule has 9 heavy (non-hydrogen) atoms. The van der Waals surface area contributed by atoms with Crippen LogP contribution in [0.5, 0.6) is 0 Å². The minimum absolute atomic E-state index is 0.392. The Hall–Kier alpha value is 0.0500. The molecule has 0 aliphatic carbocycles. The summed E-state index contributed by atoms with van der Waals surface area (Å²) in [6.45, 7) is 4.21. The van der Waals surface area contributed by atoms with Crippen LogP contribution in [0.2, 0.25) is 0 Å². The molecule has 0 bridgehead atoms. The van der Waals surface area contributed by atoms with Gasteiger partial charge in [-0.15, -0.1) is 11.3 Å². The van der Waals surface area contributed by atoms with E-state index in [2.05, 4.69) is 38.6 Å². The van der Waals surface area contributed by atoms with Gasteiger partial charge in [-0.1, -0.05) is 0 Å².